The third-order valence-electron chi connectivity index (χ3n) is 3.96. The Morgan fingerprint density at radius 3 is 2.58 bits per heavy atom. The Bertz CT molecular complexity index is 469. The highest BCUT2D eigenvalue weighted by molar-refractivity contribution is 5.80. The predicted molar refractivity (Wildman–Crippen MR) is 77.5 cm³/mol. The Labute approximate surface area is 115 Å². The Hall–Kier alpha value is -1.57. The molecular formula is C17H22O2. The number of hydrogen-bond acceptors (Lipinski definition) is 1. The molecule has 2 rings (SSSR count). The molecule has 1 saturated carbocycles. The lowest BCUT2D eigenvalue weighted by atomic mass is 9.80. The van der Waals surface area contributed by atoms with E-state index in [4.69, 9.17) is 5.11 Å². The number of carboxylic acids is 1. The van der Waals surface area contributed by atoms with Crippen LogP contribution < -0.4 is 0 Å². The topological polar surface area (TPSA) is 37.3 Å². The van der Waals surface area contributed by atoms with Crippen LogP contribution in [0.3, 0.4) is 0 Å². The van der Waals surface area contributed by atoms with Gasteiger partial charge in [-0.2, -0.15) is 0 Å². The summed E-state index contributed by atoms with van der Waals surface area (Å²) in [5.41, 5.74) is 3.79. The molecule has 2 heteroatoms. The fraction of sp³-hybridized carbons (Fsp3) is 0.471. The van der Waals surface area contributed by atoms with E-state index in [2.05, 4.69) is 38.1 Å². The average Bonchev–Trinajstić information content (AvgIpc) is 2.38. The molecule has 19 heavy (non-hydrogen) atoms. The predicted octanol–water partition coefficient (Wildman–Crippen LogP) is 4.48. The molecular weight excluding hydrogens is 236 g/mol. The van der Waals surface area contributed by atoms with Gasteiger partial charge in [-0.05, 0) is 48.6 Å². The van der Waals surface area contributed by atoms with Gasteiger partial charge in [0.25, 0.3) is 0 Å². The molecule has 0 aromatic heterocycles. The average molecular weight is 258 g/mol. The maximum atomic E-state index is 10.8. The minimum absolute atomic E-state index is 0.487. The highest BCUT2D eigenvalue weighted by atomic mass is 16.4. The highest BCUT2D eigenvalue weighted by Gasteiger charge is 2.19. The Morgan fingerprint density at radius 1 is 1.32 bits per heavy atom. The summed E-state index contributed by atoms with van der Waals surface area (Å²) in [6.07, 6.45) is 5.49. The van der Waals surface area contributed by atoms with Crippen molar-refractivity contribution in [3.63, 3.8) is 0 Å². The van der Waals surface area contributed by atoms with E-state index in [-0.39, 0.29) is 0 Å². The third-order valence-corrected chi connectivity index (χ3v) is 3.96. The van der Waals surface area contributed by atoms with E-state index in [1.807, 2.05) is 0 Å². The molecule has 0 spiro atoms. The van der Waals surface area contributed by atoms with E-state index in [0.717, 1.165) is 31.3 Å². The summed E-state index contributed by atoms with van der Waals surface area (Å²) in [5.74, 6) is 0.231. The van der Waals surface area contributed by atoms with Gasteiger partial charge in [0.2, 0.25) is 0 Å². The van der Waals surface area contributed by atoms with E-state index in [9.17, 15) is 4.79 Å². The van der Waals surface area contributed by atoms with E-state index >= 15 is 0 Å². The Balaban J connectivity index is 2.11. The summed E-state index contributed by atoms with van der Waals surface area (Å²) in [6, 6.07) is 8.83. The van der Waals surface area contributed by atoms with Crippen molar-refractivity contribution in [2.45, 2.75) is 51.4 Å². The number of allylic oxidation sites excluding steroid dienone is 1. The number of carbonyl (C=O) groups is 1. The molecule has 1 atom stereocenters. The second kappa shape index (κ2) is 6.05. The van der Waals surface area contributed by atoms with Crippen LogP contribution in [0, 0.1) is 0 Å². The van der Waals surface area contributed by atoms with E-state index in [0.29, 0.717) is 11.8 Å². The van der Waals surface area contributed by atoms with Crippen molar-refractivity contribution in [1.29, 1.82) is 0 Å². The first kappa shape index (κ1) is 13.9. The molecule has 1 fully saturated rings. The minimum Gasteiger partial charge on any atom is -0.478 e. The van der Waals surface area contributed by atoms with Crippen LogP contribution >= 0.6 is 0 Å². The fourth-order valence-corrected chi connectivity index (χ4v) is 2.84. The summed E-state index contributed by atoms with van der Waals surface area (Å²) in [5, 5.41) is 8.84. The van der Waals surface area contributed by atoms with Gasteiger partial charge in [0, 0.05) is 6.08 Å². The summed E-state index contributed by atoms with van der Waals surface area (Å²) < 4.78 is 0. The van der Waals surface area contributed by atoms with Crippen LogP contribution in [0.1, 0.15) is 62.5 Å². The van der Waals surface area contributed by atoms with Crippen molar-refractivity contribution < 1.29 is 9.90 Å². The first-order chi connectivity index (χ1) is 9.06. The van der Waals surface area contributed by atoms with E-state index < -0.39 is 5.97 Å². The monoisotopic (exact) mass is 258 g/mol. The normalized spacial score (nSPS) is 21.8. The maximum Gasteiger partial charge on any atom is 0.328 e. The highest BCUT2D eigenvalue weighted by Crippen LogP contribution is 2.36. The lowest BCUT2D eigenvalue weighted by molar-refractivity contribution is -0.131. The van der Waals surface area contributed by atoms with Crippen molar-refractivity contribution in [1.82, 2.24) is 0 Å². The standard InChI is InChI=1S/C17H22O2/c1-12(2)14-6-8-15(9-7-14)16-5-3-4-13(10-16)11-17(18)19/h6-9,11-12,16H,3-5,10H2,1-2H3,(H,18,19)/b13-11+/t16-/m0/s1. The summed E-state index contributed by atoms with van der Waals surface area (Å²) in [4.78, 5) is 10.8. The molecule has 1 aromatic rings. The van der Waals surface area contributed by atoms with Crippen LogP contribution in [0.5, 0.6) is 0 Å². The van der Waals surface area contributed by atoms with Crippen LogP contribution in [-0.2, 0) is 4.79 Å². The zero-order chi connectivity index (χ0) is 13.8. The zero-order valence-electron chi connectivity index (χ0n) is 11.7. The number of hydrogen-bond donors (Lipinski definition) is 1. The molecule has 0 unspecified atom stereocenters. The van der Waals surface area contributed by atoms with Gasteiger partial charge >= 0.3 is 5.97 Å². The fourth-order valence-electron chi connectivity index (χ4n) is 2.84. The second-order valence-corrected chi connectivity index (χ2v) is 5.76. The first-order valence-corrected chi connectivity index (χ1v) is 7.08. The molecule has 0 amide bonds. The second-order valence-electron chi connectivity index (χ2n) is 5.76. The largest absolute Gasteiger partial charge is 0.478 e. The number of rotatable bonds is 3. The summed E-state index contributed by atoms with van der Waals surface area (Å²) in [6.45, 7) is 4.40. The molecule has 0 bridgehead atoms. The lowest BCUT2D eigenvalue weighted by Gasteiger charge is -2.24. The zero-order valence-corrected chi connectivity index (χ0v) is 11.7. The van der Waals surface area contributed by atoms with Crippen LogP contribution in [0.2, 0.25) is 0 Å². The SMILES string of the molecule is CC(C)c1ccc([C@H]2CCC/C(=C\C(=O)O)C2)cc1. The van der Waals surface area contributed by atoms with Crippen molar-refractivity contribution in [2.75, 3.05) is 0 Å². The molecule has 1 aliphatic rings. The molecule has 1 aliphatic carbocycles. The smallest absolute Gasteiger partial charge is 0.328 e. The van der Waals surface area contributed by atoms with Crippen molar-refractivity contribution >= 4 is 5.97 Å². The van der Waals surface area contributed by atoms with Gasteiger partial charge in [-0.1, -0.05) is 43.7 Å². The van der Waals surface area contributed by atoms with Gasteiger partial charge in [0.1, 0.15) is 0 Å². The molecule has 0 heterocycles. The third kappa shape index (κ3) is 3.69. The Kier molecular flexibility index (Phi) is 4.41. The lowest BCUT2D eigenvalue weighted by Crippen LogP contribution is -2.08. The van der Waals surface area contributed by atoms with Crippen LogP contribution in [0.15, 0.2) is 35.9 Å². The van der Waals surface area contributed by atoms with Gasteiger partial charge in [-0.15, -0.1) is 0 Å². The number of carboxylic acid groups (broad SMARTS) is 1. The molecule has 1 aromatic carbocycles. The number of benzene rings is 1. The van der Waals surface area contributed by atoms with Gasteiger partial charge < -0.3 is 5.11 Å². The first-order valence-electron chi connectivity index (χ1n) is 7.08. The molecule has 0 saturated heterocycles. The van der Waals surface area contributed by atoms with Gasteiger partial charge in [-0.25, -0.2) is 4.79 Å². The van der Waals surface area contributed by atoms with Crippen LogP contribution in [0.25, 0.3) is 0 Å². The van der Waals surface area contributed by atoms with Gasteiger partial charge in [0.15, 0.2) is 0 Å². The van der Waals surface area contributed by atoms with Crippen molar-refractivity contribution in [3.8, 4) is 0 Å². The molecule has 0 radical (unpaired) electrons. The van der Waals surface area contributed by atoms with Crippen molar-refractivity contribution in [3.05, 3.63) is 47.0 Å². The van der Waals surface area contributed by atoms with Crippen molar-refractivity contribution in [2.24, 2.45) is 0 Å². The van der Waals surface area contributed by atoms with Crippen LogP contribution in [0.4, 0.5) is 0 Å². The number of aliphatic carboxylic acids is 1. The van der Waals surface area contributed by atoms with E-state index in [1.165, 1.54) is 17.2 Å². The summed E-state index contributed by atoms with van der Waals surface area (Å²) in [7, 11) is 0. The molecule has 1 N–H and O–H groups in total. The molecule has 102 valence electrons. The van der Waals surface area contributed by atoms with Gasteiger partial charge in [-0.3, -0.25) is 0 Å². The van der Waals surface area contributed by atoms with E-state index in [1.54, 1.807) is 0 Å². The maximum absolute atomic E-state index is 10.8. The van der Waals surface area contributed by atoms with Crippen LogP contribution in [-0.4, -0.2) is 11.1 Å². The molecule has 0 aliphatic heterocycles. The quantitative estimate of drug-likeness (QED) is 0.812. The summed E-state index contributed by atoms with van der Waals surface area (Å²) >= 11 is 0. The minimum atomic E-state index is -0.814. The van der Waals surface area contributed by atoms with Gasteiger partial charge in [0.05, 0.1) is 0 Å². The Morgan fingerprint density at radius 2 is 2.00 bits per heavy atom. The molecule has 2 nitrogen and oxygen atoms in total.